The van der Waals surface area contributed by atoms with Crippen LogP contribution in [-0.4, -0.2) is 138 Å². The van der Waals surface area contributed by atoms with Gasteiger partial charge in [-0.1, -0.05) is 0 Å². The number of hydrogen-bond acceptors (Lipinski definition) is 2. The maximum atomic E-state index is 4.63. The van der Waals surface area contributed by atoms with Gasteiger partial charge in [0.25, 0.3) is 0 Å². The van der Waals surface area contributed by atoms with E-state index in [0.717, 1.165) is 44.8 Å². The fourth-order valence-electron chi connectivity index (χ4n) is 2.94. The standard InChI is InChI=1S/C20H14N4.4Na.4H/c1-2-14-10-16-5-6-18(23-16)12-20-8-7-19(24-20)11-17-4-3-15(22-17)9-13(1)21-14;;;;;;;;/h1-12,21,24H;;;;;;;;. The van der Waals surface area contributed by atoms with Gasteiger partial charge in [-0.15, -0.1) is 0 Å². The van der Waals surface area contributed by atoms with Crippen molar-refractivity contribution < 1.29 is 0 Å². The summed E-state index contributed by atoms with van der Waals surface area (Å²) in [6, 6.07) is 16.4. The van der Waals surface area contributed by atoms with Crippen LogP contribution in [0.3, 0.4) is 0 Å². The summed E-state index contributed by atoms with van der Waals surface area (Å²) in [6.07, 6.45) is 8.09. The third-order valence-electron chi connectivity index (χ3n) is 4.04. The van der Waals surface area contributed by atoms with E-state index in [1.165, 1.54) is 0 Å². The molecule has 2 aliphatic rings. The number of fused-ring (bicyclic) bond motifs is 8. The molecule has 28 heavy (non-hydrogen) atoms. The molecule has 0 amide bonds. The Balaban J connectivity index is 0.000000980. The number of nitrogens with one attached hydrogen (secondary N) is 2. The van der Waals surface area contributed by atoms with Crippen molar-refractivity contribution >= 4 is 165 Å². The first kappa shape index (κ1) is 26.6. The Hall–Kier alpha value is 0.600. The fourth-order valence-corrected chi connectivity index (χ4v) is 2.94. The number of aromatic nitrogens is 4. The van der Waals surface area contributed by atoms with Crippen molar-refractivity contribution in [2.75, 3.05) is 0 Å². The quantitative estimate of drug-likeness (QED) is 0.387. The van der Waals surface area contributed by atoms with Gasteiger partial charge < -0.3 is 9.97 Å². The topological polar surface area (TPSA) is 57.4 Å². The van der Waals surface area contributed by atoms with E-state index in [4.69, 9.17) is 0 Å². The van der Waals surface area contributed by atoms with Crippen LogP contribution < -0.4 is 0 Å². The summed E-state index contributed by atoms with van der Waals surface area (Å²) in [5.74, 6) is 0. The maximum absolute atomic E-state index is 4.63. The molecule has 0 radical (unpaired) electrons. The molecule has 0 aromatic carbocycles. The number of hydrogen-bond donors (Lipinski definition) is 2. The van der Waals surface area contributed by atoms with Crippen LogP contribution in [0.25, 0.3) is 46.4 Å². The second kappa shape index (κ2) is 11.8. The van der Waals surface area contributed by atoms with Crippen molar-refractivity contribution in [1.29, 1.82) is 0 Å². The average molecular weight is 406 g/mol. The van der Waals surface area contributed by atoms with Crippen molar-refractivity contribution in [3.63, 3.8) is 0 Å². The number of nitrogens with zero attached hydrogens (tertiary/aromatic N) is 2. The van der Waals surface area contributed by atoms with Crippen LogP contribution in [-0.2, 0) is 0 Å². The van der Waals surface area contributed by atoms with Gasteiger partial charge in [-0.3, -0.25) is 0 Å². The van der Waals surface area contributed by atoms with Gasteiger partial charge in [0.05, 0.1) is 22.8 Å². The second-order valence-corrected chi connectivity index (χ2v) is 5.91. The molecule has 8 bridgehead atoms. The van der Waals surface area contributed by atoms with E-state index < -0.39 is 0 Å². The molecule has 0 saturated carbocycles. The van der Waals surface area contributed by atoms with Crippen molar-refractivity contribution in [2.24, 2.45) is 0 Å². The molecule has 3 aromatic heterocycles. The molecule has 2 N–H and O–H groups in total. The van der Waals surface area contributed by atoms with Crippen molar-refractivity contribution in [3.8, 4) is 0 Å². The molecule has 8 heteroatoms. The number of aromatic amines is 2. The molecule has 0 unspecified atom stereocenters. The normalized spacial score (nSPS) is 10.9. The van der Waals surface area contributed by atoms with Crippen LogP contribution in [0.4, 0.5) is 0 Å². The monoisotopic (exact) mass is 406 g/mol. The van der Waals surface area contributed by atoms with Crippen LogP contribution in [0.2, 0.25) is 0 Å². The van der Waals surface area contributed by atoms with E-state index in [1.807, 2.05) is 48.6 Å². The zero-order valence-electron chi connectivity index (χ0n) is 12.8. The molecule has 0 spiro atoms. The molecule has 122 valence electrons. The van der Waals surface area contributed by atoms with Crippen molar-refractivity contribution in [1.82, 2.24) is 19.9 Å². The van der Waals surface area contributed by atoms with E-state index in [0.29, 0.717) is 0 Å². The van der Waals surface area contributed by atoms with Gasteiger partial charge in [0.1, 0.15) is 0 Å². The van der Waals surface area contributed by atoms with Gasteiger partial charge in [-0.2, -0.15) is 0 Å². The van der Waals surface area contributed by atoms with E-state index >= 15 is 0 Å². The van der Waals surface area contributed by atoms with Gasteiger partial charge in [0, 0.05) is 22.1 Å². The van der Waals surface area contributed by atoms with Crippen LogP contribution in [0.5, 0.6) is 0 Å². The van der Waals surface area contributed by atoms with Crippen molar-refractivity contribution in [3.05, 3.63) is 71.3 Å². The third-order valence-corrected chi connectivity index (χ3v) is 4.04. The zero-order chi connectivity index (χ0) is 15.9. The third kappa shape index (κ3) is 6.30. The molecule has 0 atom stereocenters. The van der Waals surface area contributed by atoms with Crippen LogP contribution in [0.1, 0.15) is 22.8 Å². The predicted molar refractivity (Wildman–Crippen MR) is 127 cm³/mol. The van der Waals surface area contributed by atoms with Crippen LogP contribution >= 0.6 is 0 Å². The average Bonchev–Trinajstić information content (AvgIpc) is 3.32. The molecule has 2 aliphatic heterocycles. The molecule has 3 aromatic rings. The minimum absolute atomic E-state index is 0. The Bertz CT molecular complexity index is 1000. The predicted octanol–water partition coefficient (Wildman–Crippen LogP) is 2.06. The number of rotatable bonds is 0. The molecule has 5 heterocycles. The summed E-state index contributed by atoms with van der Waals surface area (Å²) in [5, 5.41) is 0. The minimum atomic E-state index is 0. The Labute approximate surface area is 251 Å². The Morgan fingerprint density at radius 3 is 0.929 bits per heavy atom. The van der Waals surface area contributed by atoms with E-state index in [2.05, 4.69) is 44.2 Å². The van der Waals surface area contributed by atoms with Gasteiger partial charge >= 0.3 is 118 Å². The summed E-state index contributed by atoms with van der Waals surface area (Å²) in [7, 11) is 0. The van der Waals surface area contributed by atoms with E-state index in [-0.39, 0.29) is 118 Å². The van der Waals surface area contributed by atoms with Gasteiger partial charge in [-0.05, 0) is 72.8 Å². The van der Waals surface area contributed by atoms with Crippen LogP contribution in [0.15, 0.2) is 48.5 Å². The first-order chi connectivity index (χ1) is 11.8. The molecular formula is C20H18N4Na4. The Morgan fingerprint density at radius 2 is 0.679 bits per heavy atom. The molecule has 0 aliphatic carbocycles. The Kier molecular flexibility index (Phi) is 11.3. The van der Waals surface area contributed by atoms with Crippen LogP contribution in [0, 0.1) is 0 Å². The summed E-state index contributed by atoms with van der Waals surface area (Å²) in [6.45, 7) is 0. The first-order valence-corrected chi connectivity index (χ1v) is 7.85. The molecule has 4 nitrogen and oxygen atoms in total. The molecule has 0 saturated heterocycles. The van der Waals surface area contributed by atoms with Crippen molar-refractivity contribution in [2.45, 2.75) is 0 Å². The SMILES string of the molecule is C1=Cc2cc3ccc(cc4nc(cc5ccc(cc1n2)[nH]5)C=C4)[nH]3.[NaH].[NaH].[NaH].[NaH]. The second-order valence-electron chi connectivity index (χ2n) is 5.91. The fraction of sp³-hybridized carbons (Fsp3) is 0. The molecular weight excluding hydrogens is 388 g/mol. The molecule has 5 rings (SSSR count). The first-order valence-electron chi connectivity index (χ1n) is 7.85. The van der Waals surface area contributed by atoms with Gasteiger partial charge in [0.2, 0.25) is 0 Å². The summed E-state index contributed by atoms with van der Waals surface area (Å²) in [5.41, 5.74) is 7.86. The van der Waals surface area contributed by atoms with Gasteiger partial charge in [0.15, 0.2) is 0 Å². The molecule has 0 fully saturated rings. The van der Waals surface area contributed by atoms with E-state index in [1.54, 1.807) is 0 Å². The van der Waals surface area contributed by atoms with Gasteiger partial charge in [-0.25, -0.2) is 9.97 Å². The Morgan fingerprint density at radius 1 is 0.429 bits per heavy atom. The number of H-pyrrole nitrogens is 2. The van der Waals surface area contributed by atoms with E-state index in [9.17, 15) is 0 Å². The zero-order valence-corrected chi connectivity index (χ0v) is 12.8. The summed E-state index contributed by atoms with van der Waals surface area (Å²) < 4.78 is 0. The summed E-state index contributed by atoms with van der Waals surface area (Å²) in [4.78, 5) is 16.0. The summed E-state index contributed by atoms with van der Waals surface area (Å²) >= 11 is 0.